The molecule has 0 bridgehead atoms. The highest BCUT2D eigenvalue weighted by atomic mass is 16.5. The Labute approximate surface area is 170 Å². The van der Waals surface area contributed by atoms with Crippen LogP contribution in [0.15, 0.2) is 41.1 Å². The van der Waals surface area contributed by atoms with E-state index in [0.29, 0.717) is 24.0 Å². The Morgan fingerprint density at radius 3 is 2.79 bits per heavy atom. The van der Waals surface area contributed by atoms with E-state index in [2.05, 4.69) is 39.6 Å². The summed E-state index contributed by atoms with van der Waals surface area (Å²) in [5.74, 6) is 2.23. The van der Waals surface area contributed by atoms with E-state index >= 15 is 0 Å². The first kappa shape index (κ1) is 19.4. The molecule has 1 fully saturated rings. The van der Waals surface area contributed by atoms with Gasteiger partial charge in [0.25, 0.3) is 0 Å². The van der Waals surface area contributed by atoms with Crippen LogP contribution < -0.4 is 5.32 Å². The summed E-state index contributed by atoms with van der Waals surface area (Å²) in [6.07, 6.45) is 7.39. The summed E-state index contributed by atoms with van der Waals surface area (Å²) < 4.78 is 7.21. The van der Waals surface area contributed by atoms with Crippen LogP contribution >= 0.6 is 0 Å². The zero-order valence-corrected chi connectivity index (χ0v) is 17.0. The Bertz CT molecular complexity index is 957. The first-order chi connectivity index (χ1) is 14.1. The van der Waals surface area contributed by atoms with E-state index in [4.69, 9.17) is 4.52 Å². The Hall–Kier alpha value is -2.96. The second-order valence-corrected chi connectivity index (χ2v) is 7.80. The Kier molecular flexibility index (Phi) is 5.74. The number of anilines is 1. The quantitative estimate of drug-likeness (QED) is 0.642. The van der Waals surface area contributed by atoms with Crippen molar-refractivity contribution in [2.24, 2.45) is 0 Å². The maximum absolute atomic E-state index is 12.4. The fourth-order valence-electron chi connectivity index (χ4n) is 3.82. The molecule has 2 aromatic heterocycles. The number of nitrogens with one attached hydrogen (secondary N) is 1. The number of hydrogen-bond acceptors (Lipinski definition) is 5. The van der Waals surface area contributed by atoms with E-state index in [1.54, 1.807) is 0 Å². The van der Waals surface area contributed by atoms with E-state index in [1.165, 1.54) is 18.4 Å². The lowest BCUT2D eigenvalue weighted by Crippen LogP contribution is -2.14. The van der Waals surface area contributed by atoms with Gasteiger partial charge in [-0.25, -0.2) is 0 Å². The summed E-state index contributed by atoms with van der Waals surface area (Å²) in [6, 6.07) is 10.3. The van der Waals surface area contributed by atoms with Gasteiger partial charge >= 0.3 is 0 Å². The molecule has 7 heteroatoms. The standard InChI is InChI=1S/C22H27N5O2/c1-15-14-27(16(2)17-8-4-3-5-9-17)25-21(15)23-19(28)12-13-20-24-22(26-29-20)18-10-6-7-11-18/h3-5,8-9,14,16,18H,6-7,10-13H2,1-2H3,(H,23,25,28). The molecule has 29 heavy (non-hydrogen) atoms. The second kappa shape index (κ2) is 8.59. The Morgan fingerprint density at radius 2 is 2.03 bits per heavy atom. The van der Waals surface area contributed by atoms with Gasteiger partial charge in [0, 0.05) is 30.5 Å². The van der Waals surface area contributed by atoms with Crippen molar-refractivity contribution >= 4 is 11.7 Å². The van der Waals surface area contributed by atoms with E-state index in [1.807, 2.05) is 36.0 Å². The lowest BCUT2D eigenvalue weighted by atomic mass is 10.1. The van der Waals surface area contributed by atoms with E-state index in [9.17, 15) is 4.79 Å². The van der Waals surface area contributed by atoms with Crippen LogP contribution in [0.1, 0.15) is 73.8 Å². The number of rotatable bonds is 7. The van der Waals surface area contributed by atoms with Gasteiger partial charge in [0.05, 0.1) is 6.04 Å². The number of nitrogens with zero attached hydrogens (tertiary/aromatic N) is 4. The number of carbonyl (C=O) groups is 1. The van der Waals surface area contributed by atoms with Crippen LogP contribution in [0, 0.1) is 6.92 Å². The molecule has 1 aliphatic carbocycles. The van der Waals surface area contributed by atoms with Crippen LogP contribution in [-0.2, 0) is 11.2 Å². The molecule has 152 valence electrons. The lowest BCUT2D eigenvalue weighted by molar-refractivity contribution is -0.116. The molecule has 4 rings (SSSR count). The summed E-state index contributed by atoms with van der Waals surface area (Å²) in [5, 5.41) is 11.6. The Balaban J connectivity index is 1.33. The third-order valence-corrected chi connectivity index (χ3v) is 5.62. The Morgan fingerprint density at radius 1 is 1.28 bits per heavy atom. The van der Waals surface area contributed by atoms with Gasteiger partial charge in [-0.15, -0.1) is 0 Å². The van der Waals surface area contributed by atoms with Crippen LogP contribution in [0.25, 0.3) is 0 Å². The first-order valence-electron chi connectivity index (χ1n) is 10.3. The van der Waals surface area contributed by atoms with Crippen LogP contribution in [-0.4, -0.2) is 25.8 Å². The predicted octanol–water partition coefficient (Wildman–Crippen LogP) is 4.41. The van der Waals surface area contributed by atoms with E-state index in [0.717, 1.165) is 24.2 Å². The minimum Gasteiger partial charge on any atom is -0.339 e. The van der Waals surface area contributed by atoms with Crippen molar-refractivity contribution in [2.45, 2.75) is 64.3 Å². The zero-order chi connectivity index (χ0) is 20.2. The monoisotopic (exact) mass is 393 g/mol. The molecule has 1 atom stereocenters. The summed E-state index contributed by atoms with van der Waals surface area (Å²) in [6.45, 7) is 4.04. The van der Waals surface area contributed by atoms with Crippen LogP contribution in [0.4, 0.5) is 5.82 Å². The van der Waals surface area contributed by atoms with Crippen molar-refractivity contribution in [3.63, 3.8) is 0 Å². The molecular formula is C22H27N5O2. The average molecular weight is 393 g/mol. The smallest absolute Gasteiger partial charge is 0.227 e. The third-order valence-electron chi connectivity index (χ3n) is 5.62. The number of aromatic nitrogens is 4. The number of hydrogen-bond donors (Lipinski definition) is 1. The minimum atomic E-state index is -0.105. The summed E-state index contributed by atoms with van der Waals surface area (Å²) in [4.78, 5) is 16.9. The van der Waals surface area contributed by atoms with Crippen molar-refractivity contribution < 1.29 is 9.32 Å². The van der Waals surface area contributed by atoms with Gasteiger partial charge in [-0.1, -0.05) is 48.3 Å². The molecule has 1 amide bonds. The highest BCUT2D eigenvalue weighted by molar-refractivity contribution is 5.90. The largest absolute Gasteiger partial charge is 0.339 e. The van der Waals surface area contributed by atoms with Crippen molar-refractivity contribution in [1.82, 2.24) is 19.9 Å². The van der Waals surface area contributed by atoms with E-state index < -0.39 is 0 Å². The van der Waals surface area contributed by atoms with Crippen molar-refractivity contribution in [3.05, 3.63) is 59.4 Å². The van der Waals surface area contributed by atoms with Crippen molar-refractivity contribution in [1.29, 1.82) is 0 Å². The SMILES string of the molecule is Cc1cn(C(C)c2ccccc2)nc1NC(=O)CCc1nc(C2CCCC2)no1. The average Bonchev–Trinajstić information content (AvgIpc) is 3.48. The highest BCUT2D eigenvalue weighted by Crippen LogP contribution is 2.32. The minimum absolute atomic E-state index is 0.0907. The number of aryl methyl sites for hydroxylation is 2. The third kappa shape index (κ3) is 4.55. The normalized spacial score (nSPS) is 15.5. The molecule has 1 saturated carbocycles. The molecule has 1 aliphatic rings. The fraction of sp³-hybridized carbons (Fsp3) is 0.455. The maximum Gasteiger partial charge on any atom is 0.227 e. The molecule has 0 aliphatic heterocycles. The fourth-order valence-corrected chi connectivity index (χ4v) is 3.82. The lowest BCUT2D eigenvalue weighted by Gasteiger charge is -2.12. The van der Waals surface area contributed by atoms with Crippen molar-refractivity contribution in [3.8, 4) is 0 Å². The van der Waals surface area contributed by atoms with Crippen LogP contribution in [0.5, 0.6) is 0 Å². The predicted molar refractivity (Wildman–Crippen MR) is 110 cm³/mol. The number of amides is 1. The molecule has 3 aromatic rings. The van der Waals surface area contributed by atoms with Gasteiger partial charge in [-0.3, -0.25) is 9.48 Å². The molecule has 7 nitrogen and oxygen atoms in total. The van der Waals surface area contributed by atoms with Gasteiger partial charge in [-0.2, -0.15) is 10.1 Å². The molecule has 0 saturated heterocycles. The molecular weight excluding hydrogens is 366 g/mol. The highest BCUT2D eigenvalue weighted by Gasteiger charge is 2.22. The second-order valence-electron chi connectivity index (χ2n) is 7.80. The van der Waals surface area contributed by atoms with Crippen molar-refractivity contribution in [2.75, 3.05) is 5.32 Å². The molecule has 1 unspecified atom stereocenters. The van der Waals surface area contributed by atoms with Gasteiger partial charge in [0.2, 0.25) is 11.8 Å². The van der Waals surface area contributed by atoms with Gasteiger partial charge in [0.1, 0.15) is 0 Å². The number of carbonyl (C=O) groups excluding carboxylic acids is 1. The molecule has 1 N–H and O–H groups in total. The summed E-state index contributed by atoms with van der Waals surface area (Å²) in [5.41, 5.74) is 2.10. The molecule has 1 aromatic carbocycles. The zero-order valence-electron chi connectivity index (χ0n) is 17.0. The van der Waals surface area contributed by atoms with Crippen LogP contribution in [0.3, 0.4) is 0 Å². The van der Waals surface area contributed by atoms with Gasteiger partial charge < -0.3 is 9.84 Å². The summed E-state index contributed by atoms with van der Waals surface area (Å²) >= 11 is 0. The van der Waals surface area contributed by atoms with Crippen LogP contribution in [0.2, 0.25) is 0 Å². The maximum atomic E-state index is 12.4. The summed E-state index contributed by atoms with van der Waals surface area (Å²) in [7, 11) is 0. The number of benzene rings is 1. The van der Waals surface area contributed by atoms with E-state index in [-0.39, 0.29) is 18.4 Å². The topological polar surface area (TPSA) is 85.8 Å². The first-order valence-corrected chi connectivity index (χ1v) is 10.3. The molecule has 2 heterocycles. The molecule has 0 spiro atoms. The van der Waals surface area contributed by atoms with Gasteiger partial charge in [0.15, 0.2) is 11.6 Å². The van der Waals surface area contributed by atoms with Gasteiger partial charge in [-0.05, 0) is 32.3 Å². The molecule has 0 radical (unpaired) electrons.